The van der Waals surface area contributed by atoms with E-state index in [0.717, 1.165) is 18.9 Å². The predicted molar refractivity (Wildman–Crippen MR) is 67.5 cm³/mol. The van der Waals surface area contributed by atoms with E-state index in [-0.39, 0.29) is 5.91 Å². The van der Waals surface area contributed by atoms with Crippen molar-refractivity contribution in [3.05, 3.63) is 12.2 Å². The summed E-state index contributed by atoms with van der Waals surface area (Å²) in [5.74, 6) is -0.0708. The van der Waals surface area contributed by atoms with Crippen LogP contribution in [-0.4, -0.2) is 35.2 Å². The molecule has 0 heterocycles. The maximum atomic E-state index is 11.2. The molecule has 0 atom stereocenters. The van der Waals surface area contributed by atoms with Gasteiger partial charge in [0.15, 0.2) is 0 Å². The van der Waals surface area contributed by atoms with E-state index in [1.54, 1.807) is 21.1 Å². The van der Waals surface area contributed by atoms with E-state index >= 15 is 0 Å². The normalized spacial score (nSPS) is 11.2. The van der Waals surface area contributed by atoms with Crippen LogP contribution in [0.1, 0.15) is 19.8 Å². The fourth-order valence-electron chi connectivity index (χ4n) is 1.21. The molecule has 0 saturated heterocycles. The van der Waals surface area contributed by atoms with Crippen molar-refractivity contribution in [2.24, 2.45) is 0 Å². The van der Waals surface area contributed by atoms with Gasteiger partial charge in [-0.3, -0.25) is 4.79 Å². The lowest BCUT2D eigenvalue weighted by atomic mass is 10.3. The average molecular weight is 245 g/mol. The van der Waals surface area contributed by atoms with E-state index in [1.165, 1.54) is 0 Å². The Kier molecular flexibility index (Phi) is 7.28. The minimum absolute atomic E-state index is 0.0708. The van der Waals surface area contributed by atoms with Crippen molar-refractivity contribution in [2.75, 3.05) is 20.8 Å². The van der Waals surface area contributed by atoms with Crippen molar-refractivity contribution in [1.29, 1.82) is 0 Å². The largest absolute Gasteiger partial charge is 0.398 e. The SMILES string of the molecule is C=C(C)C(=O)NCCCC[Si](C)(OC)OC. The number of amides is 1. The summed E-state index contributed by atoms with van der Waals surface area (Å²) < 4.78 is 10.7. The average Bonchev–Trinajstić information content (AvgIpc) is 2.27. The molecule has 94 valence electrons. The van der Waals surface area contributed by atoms with Crippen molar-refractivity contribution >= 4 is 14.5 Å². The molecule has 0 aromatic heterocycles. The lowest BCUT2D eigenvalue weighted by molar-refractivity contribution is -0.117. The molecule has 16 heavy (non-hydrogen) atoms. The second-order valence-electron chi connectivity index (χ2n) is 4.04. The molecule has 0 bridgehead atoms. The first kappa shape index (κ1) is 15.3. The second kappa shape index (κ2) is 7.59. The Morgan fingerprint density at radius 1 is 1.31 bits per heavy atom. The topological polar surface area (TPSA) is 47.6 Å². The summed E-state index contributed by atoms with van der Waals surface area (Å²) in [4.78, 5) is 11.2. The Morgan fingerprint density at radius 3 is 2.31 bits per heavy atom. The van der Waals surface area contributed by atoms with Gasteiger partial charge in [0.2, 0.25) is 5.91 Å². The Hall–Kier alpha value is -0.653. The van der Waals surface area contributed by atoms with Crippen LogP contribution in [0.3, 0.4) is 0 Å². The number of carbonyl (C=O) groups excluding carboxylic acids is 1. The van der Waals surface area contributed by atoms with Crippen LogP contribution >= 0.6 is 0 Å². The lowest BCUT2D eigenvalue weighted by Gasteiger charge is -2.22. The Bertz CT molecular complexity index is 239. The first-order chi connectivity index (χ1) is 7.45. The molecule has 0 aliphatic heterocycles. The van der Waals surface area contributed by atoms with Gasteiger partial charge in [-0.2, -0.15) is 0 Å². The number of rotatable bonds is 8. The fraction of sp³-hybridized carbons (Fsp3) is 0.727. The number of hydrogen-bond donors (Lipinski definition) is 1. The molecule has 0 aliphatic carbocycles. The molecule has 0 rings (SSSR count). The van der Waals surface area contributed by atoms with Crippen LogP contribution in [0.25, 0.3) is 0 Å². The number of hydrogen-bond acceptors (Lipinski definition) is 3. The molecule has 0 saturated carbocycles. The minimum Gasteiger partial charge on any atom is -0.398 e. The van der Waals surface area contributed by atoms with Gasteiger partial charge in [0.05, 0.1) is 0 Å². The van der Waals surface area contributed by atoms with Crippen LogP contribution in [0.5, 0.6) is 0 Å². The quantitative estimate of drug-likeness (QED) is 0.403. The van der Waals surface area contributed by atoms with Gasteiger partial charge < -0.3 is 14.2 Å². The third-order valence-electron chi connectivity index (χ3n) is 2.59. The van der Waals surface area contributed by atoms with Gasteiger partial charge >= 0.3 is 8.56 Å². The molecule has 0 aliphatic rings. The van der Waals surface area contributed by atoms with Crippen LogP contribution in [0.2, 0.25) is 12.6 Å². The molecule has 5 heteroatoms. The summed E-state index contributed by atoms with van der Waals surface area (Å²) >= 11 is 0. The van der Waals surface area contributed by atoms with Crippen LogP contribution in [0, 0.1) is 0 Å². The van der Waals surface area contributed by atoms with Gasteiger partial charge in [-0.25, -0.2) is 0 Å². The summed E-state index contributed by atoms with van der Waals surface area (Å²) in [6, 6.07) is 0.947. The summed E-state index contributed by atoms with van der Waals surface area (Å²) in [6.45, 7) is 8.00. The van der Waals surface area contributed by atoms with E-state index in [4.69, 9.17) is 8.85 Å². The van der Waals surface area contributed by atoms with Crippen LogP contribution in [-0.2, 0) is 13.6 Å². The van der Waals surface area contributed by atoms with Crippen molar-refractivity contribution < 1.29 is 13.6 Å². The smallest absolute Gasteiger partial charge is 0.334 e. The zero-order valence-corrected chi connectivity index (χ0v) is 11.8. The number of carbonyl (C=O) groups is 1. The molecule has 0 aromatic carbocycles. The van der Waals surface area contributed by atoms with E-state index in [0.29, 0.717) is 12.1 Å². The third kappa shape index (κ3) is 6.04. The highest BCUT2D eigenvalue weighted by Gasteiger charge is 2.27. The van der Waals surface area contributed by atoms with Gasteiger partial charge in [-0.15, -0.1) is 0 Å². The maximum Gasteiger partial charge on any atom is 0.334 e. The van der Waals surface area contributed by atoms with Crippen molar-refractivity contribution in [1.82, 2.24) is 5.32 Å². The van der Waals surface area contributed by atoms with Gasteiger partial charge in [0, 0.05) is 26.3 Å². The molecule has 4 nitrogen and oxygen atoms in total. The fourth-order valence-corrected chi connectivity index (χ4v) is 2.68. The van der Waals surface area contributed by atoms with Crippen molar-refractivity contribution in [2.45, 2.75) is 32.4 Å². The molecule has 1 amide bonds. The maximum absolute atomic E-state index is 11.2. The molecule has 0 radical (unpaired) electrons. The Labute approximate surface area is 99.3 Å². The molecule has 0 fully saturated rings. The van der Waals surface area contributed by atoms with Crippen LogP contribution in [0.4, 0.5) is 0 Å². The van der Waals surface area contributed by atoms with E-state index < -0.39 is 8.56 Å². The number of nitrogens with one attached hydrogen (secondary N) is 1. The van der Waals surface area contributed by atoms with Gasteiger partial charge in [-0.1, -0.05) is 6.58 Å². The zero-order chi connectivity index (χ0) is 12.6. The molecule has 0 aromatic rings. The Morgan fingerprint density at radius 2 is 1.88 bits per heavy atom. The standard InChI is InChI=1S/C11H23NO3Si/c1-10(2)11(13)12-8-6-7-9-16(5,14-3)15-4/h1,6-9H2,2-5H3,(H,12,13). The van der Waals surface area contributed by atoms with Crippen LogP contribution in [0.15, 0.2) is 12.2 Å². The monoisotopic (exact) mass is 245 g/mol. The first-order valence-electron chi connectivity index (χ1n) is 5.49. The van der Waals surface area contributed by atoms with Crippen molar-refractivity contribution in [3.8, 4) is 0 Å². The van der Waals surface area contributed by atoms with Crippen molar-refractivity contribution in [3.63, 3.8) is 0 Å². The summed E-state index contributed by atoms with van der Waals surface area (Å²) in [5, 5.41) is 2.80. The van der Waals surface area contributed by atoms with Crippen LogP contribution < -0.4 is 5.32 Å². The molecular formula is C11H23NO3Si. The minimum atomic E-state index is -1.93. The van der Waals surface area contributed by atoms with Gasteiger partial charge in [-0.05, 0) is 32.4 Å². The highest BCUT2D eigenvalue weighted by molar-refractivity contribution is 6.65. The molecule has 0 unspecified atom stereocenters. The summed E-state index contributed by atoms with van der Waals surface area (Å²) in [5.41, 5.74) is 0.549. The predicted octanol–water partition coefficient (Wildman–Crippen LogP) is 1.82. The third-order valence-corrected chi connectivity index (χ3v) is 5.58. The van der Waals surface area contributed by atoms with E-state index in [2.05, 4.69) is 11.9 Å². The van der Waals surface area contributed by atoms with E-state index in [1.807, 2.05) is 6.55 Å². The summed E-state index contributed by atoms with van der Waals surface area (Å²) in [6.07, 6.45) is 1.94. The Balaban J connectivity index is 3.61. The van der Waals surface area contributed by atoms with Gasteiger partial charge in [0.25, 0.3) is 0 Å². The molecular weight excluding hydrogens is 222 g/mol. The highest BCUT2D eigenvalue weighted by Crippen LogP contribution is 2.14. The molecule has 1 N–H and O–H groups in total. The zero-order valence-electron chi connectivity index (χ0n) is 10.8. The van der Waals surface area contributed by atoms with Gasteiger partial charge in [0.1, 0.15) is 0 Å². The lowest BCUT2D eigenvalue weighted by Crippen LogP contribution is -2.36. The molecule has 0 spiro atoms. The van der Waals surface area contributed by atoms with E-state index in [9.17, 15) is 4.79 Å². The highest BCUT2D eigenvalue weighted by atomic mass is 28.4. The number of unbranched alkanes of at least 4 members (excludes halogenated alkanes) is 1. The second-order valence-corrected chi connectivity index (χ2v) is 7.62. The first-order valence-corrected chi connectivity index (χ1v) is 8.01. The summed E-state index contributed by atoms with van der Waals surface area (Å²) in [7, 11) is 1.46.